The first-order chi connectivity index (χ1) is 11.1. The SMILES string of the molecule is CCOC(=O)C1=C(C)NC(=O)N[C@H]1c1ccc2c(c1)OCCO2. The highest BCUT2D eigenvalue weighted by atomic mass is 16.6. The molecule has 2 aliphatic heterocycles. The highest BCUT2D eigenvalue weighted by molar-refractivity contribution is 5.95. The third kappa shape index (κ3) is 2.94. The van der Waals surface area contributed by atoms with Crippen molar-refractivity contribution < 1.29 is 23.8 Å². The van der Waals surface area contributed by atoms with Gasteiger partial charge in [0.05, 0.1) is 18.2 Å². The minimum Gasteiger partial charge on any atom is -0.486 e. The summed E-state index contributed by atoms with van der Waals surface area (Å²) in [6.45, 7) is 4.65. The number of carbonyl (C=O) groups excluding carboxylic acids is 2. The number of nitrogens with one attached hydrogen (secondary N) is 2. The lowest BCUT2D eigenvalue weighted by Gasteiger charge is -2.29. The minimum atomic E-state index is -0.598. The van der Waals surface area contributed by atoms with Gasteiger partial charge in [0.1, 0.15) is 13.2 Å². The Labute approximate surface area is 133 Å². The van der Waals surface area contributed by atoms with Gasteiger partial charge >= 0.3 is 12.0 Å². The van der Waals surface area contributed by atoms with E-state index in [0.717, 1.165) is 5.56 Å². The molecule has 2 heterocycles. The van der Waals surface area contributed by atoms with Crippen molar-refractivity contribution in [3.63, 3.8) is 0 Å². The zero-order chi connectivity index (χ0) is 16.4. The summed E-state index contributed by atoms with van der Waals surface area (Å²) in [6.07, 6.45) is 0. The van der Waals surface area contributed by atoms with Gasteiger partial charge < -0.3 is 24.8 Å². The predicted molar refractivity (Wildman–Crippen MR) is 81.2 cm³/mol. The van der Waals surface area contributed by atoms with Gasteiger partial charge in [-0.05, 0) is 31.5 Å². The molecular formula is C16H18N2O5. The molecule has 0 aromatic heterocycles. The highest BCUT2D eigenvalue weighted by Crippen LogP contribution is 2.35. The quantitative estimate of drug-likeness (QED) is 0.828. The third-order valence-electron chi connectivity index (χ3n) is 3.66. The first-order valence-corrected chi connectivity index (χ1v) is 7.45. The molecule has 7 heteroatoms. The smallest absolute Gasteiger partial charge is 0.338 e. The molecule has 0 fully saturated rings. The number of hydrogen-bond acceptors (Lipinski definition) is 5. The summed E-state index contributed by atoms with van der Waals surface area (Å²) in [4.78, 5) is 24.1. The average molecular weight is 318 g/mol. The molecule has 0 saturated heterocycles. The summed E-state index contributed by atoms with van der Waals surface area (Å²) in [5.41, 5.74) is 1.58. The largest absolute Gasteiger partial charge is 0.486 e. The maximum atomic E-state index is 12.3. The standard InChI is InChI=1S/C16H18N2O5/c1-3-21-15(19)13-9(2)17-16(20)18-14(13)10-4-5-11-12(8-10)23-7-6-22-11/h4-5,8,14H,3,6-7H2,1-2H3,(H2,17,18,20)/t14-/m0/s1. The van der Waals surface area contributed by atoms with Gasteiger partial charge in [0.2, 0.25) is 0 Å². The van der Waals surface area contributed by atoms with Crippen LogP contribution in [0.25, 0.3) is 0 Å². The molecule has 0 radical (unpaired) electrons. The van der Waals surface area contributed by atoms with Crippen molar-refractivity contribution in [2.45, 2.75) is 19.9 Å². The molecule has 0 saturated carbocycles. The van der Waals surface area contributed by atoms with Crippen molar-refractivity contribution in [2.75, 3.05) is 19.8 Å². The van der Waals surface area contributed by atoms with Gasteiger partial charge in [-0.3, -0.25) is 0 Å². The van der Waals surface area contributed by atoms with Crippen LogP contribution in [0.15, 0.2) is 29.5 Å². The molecule has 1 atom stereocenters. The van der Waals surface area contributed by atoms with E-state index in [1.165, 1.54) is 0 Å². The van der Waals surface area contributed by atoms with E-state index in [0.29, 0.717) is 36.0 Å². The molecule has 2 amide bonds. The van der Waals surface area contributed by atoms with Gasteiger partial charge in [0, 0.05) is 5.70 Å². The summed E-state index contributed by atoms with van der Waals surface area (Å²) in [5.74, 6) is 0.790. The molecule has 2 aliphatic rings. The van der Waals surface area contributed by atoms with Crippen LogP contribution in [0.1, 0.15) is 25.5 Å². The number of esters is 1. The van der Waals surface area contributed by atoms with Crippen LogP contribution in [-0.4, -0.2) is 31.8 Å². The Balaban J connectivity index is 1.99. The second kappa shape index (κ2) is 6.20. The number of rotatable bonds is 3. The Kier molecular flexibility index (Phi) is 4.10. The Morgan fingerprint density at radius 1 is 1.30 bits per heavy atom. The van der Waals surface area contributed by atoms with E-state index in [2.05, 4.69) is 10.6 Å². The van der Waals surface area contributed by atoms with Gasteiger partial charge in [-0.15, -0.1) is 0 Å². The summed E-state index contributed by atoms with van der Waals surface area (Å²) in [7, 11) is 0. The van der Waals surface area contributed by atoms with Crippen LogP contribution < -0.4 is 20.1 Å². The molecule has 2 N–H and O–H groups in total. The normalized spacial score (nSPS) is 19.7. The van der Waals surface area contributed by atoms with Gasteiger partial charge in [-0.1, -0.05) is 6.07 Å². The van der Waals surface area contributed by atoms with Gasteiger partial charge in [0.25, 0.3) is 0 Å². The fourth-order valence-electron chi connectivity index (χ4n) is 2.66. The number of ether oxygens (including phenoxy) is 3. The molecule has 0 aliphatic carbocycles. The van der Waals surface area contributed by atoms with Crippen LogP contribution in [0.5, 0.6) is 11.5 Å². The average Bonchev–Trinajstić information content (AvgIpc) is 2.53. The van der Waals surface area contributed by atoms with Crippen molar-refractivity contribution in [3.05, 3.63) is 35.0 Å². The van der Waals surface area contributed by atoms with Crippen LogP contribution in [-0.2, 0) is 9.53 Å². The molecule has 3 rings (SSSR count). The summed E-state index contributed by atoms with van der Waals surface area (Å²) >= 11 is 0. The third-order valence-corrected chi connectivity index (χ3v) is 3.66. The summed E-state index contributed by atoms with van der Waals surface area (Å²) < 4.78 is 16.2. The number of allylic oxidation sites excluding steroid dienone is 1. The second-order valence-corrected chi connectivity index (χ2v) is 5.19. The lowest BCUT2D eigenvalue weighted by atomic mass is 9.95. The van der Waals surface area contributed by atoms with Gasteiger partial charge in [-0.25, -0.2) is 9.59 Å². The van der Waals surface area contributed by atoms with Crippen molar-refractivity contribution in [1.29, 1.82) is 0 Å². The van der Waals surface area contributed by atoms with Crippen molar-refractivity contribution in [2.24, 2.45) is 0 Å². The minimum absolute atomic E-state index is 0.261. The van der Waals surface area contributed by atoms with E-state index in [1.54, 1.807) is 32.0 Å². The first kappa shape index (κ1) is 15.2. The maximum Gasteiger partial charge on any atom is 0.338 e. The lowest BCUT2D eigenvalue weighted by Crippen LogP contribution is -2.45. The molecule has 0 spiro atoms. The zero-order valence-electron chi connectivity index (χ0n) is 13.0. The van der Waals surface area contributed by atoms with Crippen molar-refractivity contribution >= 4 is 12.0 Å². The number of amides is 2. The van der Waals surface area contributed by atoms with Crippen LogP contribution in [0.2, 0.25) is 0 Å². The van der Waals surface area contributed by atoms with E-state index in [-0.39, 0.29) is 12.6 Å². The van der Waals surface area contributed by atoms with E-state index < -0.39 is 12.0 Å². The number of benzene rings is 1. The topological polar surface area (TPSA) is 85.9 Å². The number of carbonyl (C=O) groups is 2. The van der Waals surface area contributed by atoms with Crippen LogP contribution in [0.3, 0.4) is 0 Å². The zero-order valence-corrected chi connectivity index (χ0v) is 13.0. The number of urea groups is 1. The molecule has 0 unspecified atom stereocenters. The molecule has 122 valence electrons. The van der Waals surface area contributed by atoms with Crippen molar-refractivity contribution in [3.8, 4) is 11.5 Å². The van der Waals surface area contributed by atoms with Crippen LogP contribution in [0, 0.1) is 0 Å². The van der Waals surface area contributed by atoms with Gasteiger partial charge in [0.15, 0.2) is 11.5 Å². The van der Waals surface area contributed by atoms with Gasteiger partial charge in [-0.2, -0.15) is 0 Å². The van der Waals surface area contributed by atoms with E-state index >= 15 is 0 Å². The fourth-order valence-corrected chi connectivity index (χ4v) is 2.66. The molecule has 23 heavy (non-hydrogen) atoms. The second-order valence-electron chi connectivity index (χ2n) is 5.19. The Bertz CT molecular complexity index is 683. The summed E-state index contributed by atoms with van der Waals surface area (Å²) in [5, 5.41) is 5.36. The molecule has 7 nitrogen and oxygen atoms in total. The fraction of sp³-hybridized carbons (Fsp3) is 0.375. The molecule has 1 aromatic carbocycles. The summed E-state index contributed by atoms with van der Waals surface area (Å²) in [6, 6.07) is 4.39. The molecule has 0 bridgehead atoms. The van der Waals surface area contributed by atoms with E-state index in [9.17, 15) is 9.59 Å². The Morgan fingerprint density at radius 2 is 2.04 bits per heavy atom. The predicted octanol–water partition coefficient (Wildman–Crippen LogP) is 1.65. The lowest BCUT2D eigenvalue weighted by molar-refractivity contribution is -0.139. The number of hydrogen-bond donors (Lipinski definition) is 2. The number of fused-ring (bicyclic) bond motifs is 1. The van der Waals surface area contributed by atoms with Crippen LogP contribution in [0.4, 0.5) is 4.79 Å². The monoisotopic (exact) mass is 318 g/mol. The maximum absolute atomic E-state index is 12.3. The van der Waals surface area contributed by atoms with Crippen LogP contribution >= 0.6 is 0 Å². The highest BCUT2D eigenvalue weighted by Gasteiger charge is 2.32. The Hall–Kier alpha value is -2.70. The first-order valence-electron chi connectivity index (χ1n) is 7.45. The van der Waals surface area contributed by atoms with Crippen molar-refractivity contribution in [1.82, 2.24) is 10.6 Å². The molecule has 1 aromatic rings. The Morgan fingerprint density at radius 3 is 2.78 bits per heavy atom. The van der Waals surface area contributed by atoms with E-state index in [1.807, 2.05) is 0 Å². The van der Waals surface area contributed by atoms with E-state index in [4.69, 9.17) is 14.2 Å². The molecular weight excluding hydrogens is 300 g/mol.